The van der Waals surface area contributed by atoms with Crippen LogP contribution < -0.4 is 15.1 Å². The summed E-state index contributed by atoms with van der Waals surface area (Å²) >= 11 is 0. The van der Waals surface area contributed by atoms with Gasteiger partial charge < -0.3 is 28.1 Å². The van der Waals surface area contributed by atoms with Crippen LogP contribution in [0, 0.1) is 5.41 Å². The standard InChI is InChI=1S/C45H60O6Si/c1-43(2,3)52(40-20-14-10-15-21-40,41-22-16-11-17-23-41)49-29-28-38-30-39(51-45(6,7)50-38)31-42(48-33-36-24-26-37(46-8)27-25-36)44(4,5)34-47-32-35-18-12-9-13-19-35/h9-27,38-39,42H,28-34H2,1-8H3/t38-,39+,42-/m0/s1. The highest BCUT2D eigenvalue weighted by atomic mass is 28.4. The fraction of sp³-hybridized carbons (Fsp3) is 0.467. The van der Waals surface area contributed by atoms with E-state index in [0.29, 0.717) is 26.4 Å². The van der Waals surface area contributed by atoms with Crippen molar-refractivity contribution in [2.45, 2.75) is 110 Å². The molecule has 4 aromatic rings. The molecule has 0 radical (unpaired) electrons. The van der Waals surface area contributed by atoms with Gasteiger partial charge in [-0.1, -0.05) is 138 Å². The van der Waals surface area contributed by atoms with Gasteiger partial charge >= 0.3 is 0 Å². The van der Waals surface area contributed by atoms with Crippen LogP contribution in [0.5, 0.6) is 5.75 Å². The van der Waals surface area contributed by atoms with Gasteiger partial charge in [0.15, 0.2) is 5.79 Å². The Balaban J connectivity index is 1.31. The van der Waals surface area contributed by atoms with E-state index in [-0.39, 0.29) is 28.8 Å². The van der Waals surface area contributed by atoms with Gasteiger partial charge in [-0.05, 0) is 58.9 Å². The molecule has 1 aliphatic heterocycles. The maximum atomic E-state index is 7.26. The molecule has 0 spiro atoms. The Kier molecular flexibility index (Phi) is 13.6. The smallest absolute Gasteiger partial charge is 0.261 e. The van der Waals surface area contributed by atoms with Gasteiger partial charge in [0, 0.05) is 24.9 Å². The number of ether oxygens (including phenoxy) is 5. The quantitative estimate of drug-likeness (QED) is 0.101. The normalized spacial score (nSPS) is 18.5. The SMILES string of the molecule is COc1ccc(CO[C@@H](C[C@H]2C[C@H](CCO[Si](c3ccccc3)(c3ccccc3)C(C)(C)C)OC(C)(C)O2)C(C)(C)COCc2ccccc2)cc1. The lowest BCUT2D eigenvalue weighted by Gasteiger charge is -2.45. The Morgan fingerprint density at radius 3 is 1.81 bits per heavy atom. The summed E-state index contributed by atoms with van der Waals surface area (Å²) in [5.74, 6) is 0.0946. The van der Waals surface area contributed by atoms with E-state index in [2.05, 4.69) is 120 Å². The van der Waals surface area contributed by atoms with Gasteiger partial charge in [0.25, 0.3) is 8.32 Å². The molecule has 1 aliphatic rings. The van der Waals surface area contributed by atoms with Crippen molar-refractivity contribution in [2.24, 2.45) is 5.41 Å². The monoisotopic (exact) mass is 724 g/mol. The molecular formula is C45H60O6Si. The third-order valence-corrected chi connectivity index (χ3v) is 15.2. The first-order chi connectivity index (χ1) is 24.8. The van der Waals surface area contributed by atoms with E-state index < -0.39 is 14.1 Å². The third kappa shape index (κ3) is 10.4. The van der Waals surface area contributed by atoms with Crippen LogP contribution in [-0.4, -0.2) is 52.7 Å². The van der Waals surface area contributed by atoms with E-state index >= 15 is 0 Å². The number of rotatable bonds is 17. The van der Waals surface area contributed by atoms with Crippen molar-refractivity contribution in [3.63, 3.8) is 0 Å². The summed E-state index contributed by atoms with van der Waals surface area (Å²) in [5.41, 5.74) is 1.97. The number of hydrogen-bond donors (Lipinski definition) is 0. The summed E-state index contributed by atoms with van der Waals surface area (Å²) in [6.45, 7) is 17.7. The second-order valence-electron chi connectivity index (χ2n) is 16.3. The predicted molar refractivity (Wildman–Crippen MR) is 213 cm³/mol. The molecule has 0 bridgehead atoms. The van der Waals surface area contributed by atoms with Gasteiger partial charge in [-0.25, -0.2) is 0 Å². The summed E-state index contributed by atoms with van der Waals surface area (Å²) in [6.07, 6.45) is 2.04. The predicted octanol–water partition coefficient (Wildman–Crippen LogP) is 9.09. The van der Waals surface area contributed by atoms with Crippen LogP contribution in [0.15, 0.2) is 115 Å². The summed E-state index contributed by atoms with van der Waals surface area (Å²) < 4.78 is 38.9. The molecule has 0 aromatic heterocycles. The molecule has 5 rings (SSSR count). The van der Waals surface area contributed by atoms with E-state index in [9.17, 15) is 0 Å². The maximum Gasteiger partial charge on any atom is 0.261 e. The van der Waals surface area contributed by atoms with Crippen molar-refractivity contribution < 1.29 is 28.1 Å². The van der Waals surface area contributed by atoms with Crippen molar-refractivity contribution in [3.8, 4) is 5.75 Å². The molecule has 0 unspecified atom stereocenters. The average molecular weight is 725 g/mol. The molecular weight excluding hydrogens is 665 g/mol. The van der Waals surface area contributed by atoms with Crippen LogP contribution in [0.25, 0.3) is 0 Å². The van der Waals surface area contributed by atoms with Crippen molar-refractivity contribution in [1.82, 2.24) is 0 Å². The minimum absolute atomic E-state index is 0.0216. The van der Waals surface area contributed by atoms with Gasteiger partial charge in [-0.3, -0.25) is 0 Å². The van der Waals surface area contributed by atoms with Crippen LogP contribution in [0.4, 0.5) is 0 Å². The second-order valence-corrected chi connectivity index (χ2v) is 20.6. The van der Waals surface area contributed by atoms with Gasteiger partial charge in [-0.2, -0.15) is 0 Å². The number of hydrogen-bond acceptors (Lipinski definition) is 6. The lowest BCUT2D eigenvalue weighted by Crippen LogP contribution is -2.66. The molecule has 1 saturated heterocycles. The van der Waals surface area contributed by atoms with Crippen molar-refractivity contribution in [2.75, 3.05) is 20.3 Å². The lowest BCUT2D eigenvalue weighted by atomic mass is 9.83. The van der Waals surface area contributed by atoms with Crippen LogP contribution in [0.3, 0.4) is 0 Å². The Hall–Kier alpha value is -3.30. The second kappa shape index (κ2) is 17.7. The summed E-state index contributed by atoms with van der Waals surface area (Å²) in [6, 6.07) is 40.0. The lowest BCUT2D eigenvalue weighted by molar-refractivity contribution is -0.306. The largest absolute Gasteiger partial charge is 0.497 e. The first-order valence-electron chi connectivity index (χ1n) is 18.8. The van der Waals surface area contributed by atoms with Gasteiger partial charge in [-0.15, -0.1) is 0 Å². The average Bonchev–Trinajstić information content (AvgIpc) is 3.12. The zero-order valence-corrected chi connectivity index (χ0v) is 33.6. The molecule has 52 heavy (non-hydrogen) atoms. The third-order valence-electron chi connectivity index (χ3n) is 10.1. The zero-order chi connectivity index (χ0) is 37.2. The van der Waals surface area contributed by atoms with Crippen molar-refractivity contribution in [3.05, 3.63) is 126 Å². The summed E-state index contributed by atoms with van der Waals surface area (Å²) in [4.78, 5) is 0. The molecule has 0 amide bonds. The Morgan fingerprint density at radius 1 is 0.712 bits per heavy atom. The molecule has 3 atom stereocenters. The highest BCUT2D eigenvalue weighted by Gasteiger charge is 2.50. The molecule has 0 saturated carbocycles. The minimum Gasteiger partial charge on any atom is -0.497 e. The summed E-state index contributed by atoms with van der Waals surface area (Å²) in [5, 5.41) is 2.48. The maximum absolute atomic E-state index is 7.26. The first-order valence-corrected chi connectivity index (χ1v) is 20.7. The van der Waals surface area contributed by atoms with Gasteiger partial charge in [0.05, 0.1) is 45.2 Å². The van der Waals surface area contributed by atoms with Crippen LogP contribution >= 0.6 is 0 Å². The highest BCUT2D eigenvalue weighted by Crippen LogP contribution is 2.39. The Morgan fingerprint density at radius 2 is 1.25 bits per heavy atom. The number of methoxy groups -OCH3 is 1. The molecule has 7 heteroatoms. The van der Waals surface area contributed by atoms with E-state index in [4.69, 9.17) is 28.1 Å². The minimum atomic E-state index is -2.65. The molecule has 4 aromatic carbocycles. The van der Waals surface area contributed by atoms with Crippen LogP contribution in [0.1, 0.15) is 78.9 Å². The Bertz CT molecular complexity index is 1580. The van der Waals surface area contributed by atoms with E-state index in [1.54, 1.807) is 7.11 Å². The van der Waals surface area contributed by atoms with Gasteiger partial charge in [0.2, 0.25) is 0 Å². The molecule has 6 nitrogen and oxygen atoms in total. The molecule has 1 fully saturated rings. The van der Waals surface area contributed by atoms with Crippen LogP contribution in [0.2, 0.25) is 5.04 Å². The molecule has 1 heterocycles. The van der Waals surface area contributed by atoms with E-state index in [0.717, 1.165) is 36.1 Å². The van der Waals surface area contributed by atoms with E-state index in [1.807, 2.05) is 44.2 Å². The summed E-state index contributed by atoms with van der Waals surface area (Å²) in [7, 11) is -0.969. The van der Waals surface area contributed by atoms with Gasteiger partial charge in [0.1, 0.15) is 5.75 Å². The Labute approximate surface area is 313 Å². The molecule has 280 valence electrons. The molecule has 0 N–H and O–H groups in total. The number of benzene rings is 4. The molecule has 0 aliphatic carbocycles. The van der Waals surface area contributed by atoms with Crippen LogP contribution in [-0.2, 0) is 36.6 Å². The first kappa shape index (κ1) is 39.9. The topological polar surface area (TPSA) is 55.4 Å². The highest BCUT2D eigenvalue weighted by molar-refractivity contribution is 6.99. The van der Waals surface area contributed by atoms with Crippen molar-refractivity contribution >= 4 is 18.7 Å². The van der Waals surface area contributed by atoms with E-state index in [1.165, 1.54) is 10.4 Å². The zero-order valence-electron chi connectivity index (χ0n) is 32.6. The fourth-order valence-electron chi connectivity index (χ4n) is 7.52. The van der Waals surface area contributed by atoms with Crippen molar-refractivity contribution in [1.29, 1.82) is 0 Å². The fourth-order valence-corrected chi connectivity index (χ4v) is 12.1.